The van der Waals surface area contributed by atoms with Crippen LogP contribution in [0.1, 0.15) is 5.69 Å². The van der Waals surface area contributed by atoms with Gasteiger partial charge in [0.2, 0.25) is 0 Å². The molecule has 0 bridgehead atoms. The van der Waals surface area contributed by atoms with Crippen molar-refractivity contribution in [2.45, 2.75) is 15.0 Å². The predicted molar refractivity (Wildman–Crippen MR) is 96.0 cm³/mol. The van der Waals surface area contributed by atoms with Gasteiger partial charge in [-0.05, 0) is 24.3 Å². The standard InChI is InChI=1S/C16H12Cl3N3S/c17-12-6-8-16(19,13-7-9-21-10-22-13)15(14(12)18)23(20)11-4-2-1-3-5-11/h1-10,15,20H. The van der Waals surface area contributed by atoms with Crippen LogP contribution in [0.4, 0.5) is 0 Å². The molecule has 0 aliphatic heterocycles. The highest BCUT2D eigenvalue weighted by Crippen LogP contribution is 2.46. The molecule has 0 fully saturated rings. The minimum absolute atomic E-state index is 0.380. The first-order valence-electron chi connectivity index (χ1n) is 6.73. The Morgan fingerprint density at radius 3 is 2.52 bits per heavy atom. The lowest BCUT2D eigenvalue weighted by molar-refractivity contribution is 0.728. The van der Waals surface area contributed by atoms with Gasteiger partial charge in [-0.25, -0.2) is 9.97 Å². The van der Waals surface area contributed by atoms with Gasteiger partial charge in [-0.1, -0.05) is 58.2 Å². The van der Waals surface area contributed by atoms with E-state index in [1.807, 2.05) is 30.3 Å². The van der Waals surface area contributed by atoms with E-state index >= 15 is 0 Å². The zero-order valence-electron chi connectivity index (χ0n) is 11.8. The van der Waals surface area contributed by atoms with Crippen molar-refractivity contribution in [3.63, 3.8) is 0 Å². The molecule has 118 valence electrons. The van der Waals surface area contributed by atoms with Gasteiger partial charge in [0.15, 0.2) is 0 Å². The molecule has 3 atom stereocenters. The fraction of sp³-hybridized carbons (Fsp3) is 0.125. The summed E-state index contributed by atoms with van der Waals surface area (Å²) in [5.74, 6) is 0. The van der Waals surface area contributed by atoms with Crippen LogP contribution in [0.15, 0.2) is 76.0 Å². The fourth-order valence-corrected chi connectivity index (χ4v) is 5.33. The highest BCUT2D eigenvalue weighted by molar-refractivity contribution is 7.87. The number of benzene rings is 1. The monoisotopic (exact) mass is 383 g/mol. The Balaban J connectivity index is 2.13. The van der Waals surface area contributed by atoms with Gasteiger partial charge in [-0.15, -0.1) is 11.6 Å². The number of hydrogen-bond donors (Lipinski definition) is 1. The molecule has 1 N–H and O–H groups in total. The van der Waals surface area contributed by atoms with E-state index in [4.69, 9.17) is 39.6 Å². The van der Waals surface area contributed by atoms with Crippen LogP contribution in [-0.2, 0) is 15.6 Å². The lowest BCUT2D eigenvalue weighted by atomic mass is 9.95. The van der Waals surface area contributed by atoms with E-state index in [0.717, 1.165) is 4.90 Å². The predicted octanol–water partition coefficient (Wildman–Crippen LogP) is 4.98. The van der Waals surface area contributed by atoms with Crippen LogP contribution in [0, 0.1) is 4.78 Å². The summed E-state index contributed by atoms with van der Waals surface area (Å²) < 4.78 is 8.72. The summed E-state index contributed by atoms with van der Waals surface area (Å²) in [6.45, 7) is 0. The molecule has 3 unspecified atom stereocenters. The first-order valence-corrected chi connectivity index (χ1v) is 9.15. The molecule has 7 heteroatoms. The number of alkyl halides is 1. The van der Waals surface area contributed by atoms with E-state index in [1.165, 1.54) is 6.33 Å². The van der Waals surface area contributed by atoms with Gasteiger partial charge in [0, 0.05) is 11.1 Å². The largest absolute Gasteiger partial charge is 0.275 e. The van der Waals surface area contributed by atoms with E-state index in [-0.39, 0.29) is 0 Å². The maximum Gasteiger partial charge on any atom is 0.123 e. The molecule has 2 aromatic rings. The van der Waals surface area contributed by atoms with Crippen molar-refractivity contribution in [1.82, 2.24) is 9.97 Å². The highest BCUT2D eigenvalue weighted by Gasteiger charge is 2.45. The van der Waals surface area contributed by atoms with Crippen molar-refractivity contribution in [3.05, 3.63) is 76.8 Å². The van der Waals surface area contributed by atoms with E-state index in [9.17, 15) is 0 Å². The van der Waals surface area contributed by atoms with E-state index in [1.54, 1.807) is 24.4 Å². The van der Waals surface area contributed by atoms with Gasteiger partial charge in [-0.3, -0.25) is 4.78 Å². The summed E-state index contributed by atoms with van der Waals surface area (Å²) in [6.07, 6.45) is 6.48. The number of hydrogen-bond acceptors (Lipinski definition) is 3. The van der Waals surface area contributed by atoms with Crippen molar-refractivity contribution in [2.75, 3.05) is 0 Å². The molecule has 23 heavy (non-hydrogen) atoms. The molecule has 1 aliphatic rings. The number of halogens is 3. The van der Waals surface area contributed by atoms with Gasteiger partial charge < -0.3 is 0 Å². The second kappa shape index (κ2) is 6.73. The number of rotatable bonds is 3. The summed E-state index contributed by atoms with van der Waals surface area (Å²) in [5.41, 5.74) is 0.596. The maximum atomic E-state index is 8.72. The van der Waals surface area contributed by atoms with Gasteiger partial charge in [-0.2, -0.15) is 0 Å². The Kier molecular flexibility index (Phi) is 4.87. The Labute approximate surface area is 151 Å². The van der Waals surface area contributed by atoms with Gasteiger partial charge in [0.05, 0.1) is 21.0 Å². The SMILES string of the molecule is N=S(c1ccccc1)C1C(Cl)=C(Cl)C=CC1(Cl)c1ccncn1. The topological polar surface area (TPSA) is 49.6 Å². The molecule has 1 aromatic heterocycles. The fourth-order valence-electron chi connectivity index (χ4n) is 2.39. The summed E-state index contributed by atoms with van der Waals surface area (Å²) in [4.78, 5) is 7.99. The molecular weight excluding hydrogens is 373 g/mol. The third kappa shape index (κ3) is 3.09. The van der Waals surface area contributed by atoms with Crippen LogP contribution in [0.2, 0.25) is 0 Å². The molecule has 1 heterocycles. The maximum absolute atomic E-state index is 8.72. The average molecular weight is 385 g/mol. The molecule has 0 saturated heterocycles. The second-order valence-electron chi connectivity index (χ2n) is 4.92. The second-order valence-corrected chi connectivity index (χ2v) is 7.98. The highest BCUT2D eigenvalue weighted by atomic mass is 35.5. The van der Waals surface area contributed by atoms with Crippen molar-refractivity contribution in [3.8, 4) is 0 Å². The van der Waals surface area contributed by atoms with Crippen LogP contribution in [0.25, 0.3) is 0 Å². The third-order valence-corrected chi connectivity index (χ3v) is 7.02. The van der Waals surface area contributed by atoms with Crippen molar-refractivity contribution >= 4 is 45.5 Å². The molecule has 1 aliphatic carbocycles. The molecule has 0 radical (unpaired) electrons. The van der Waals surface area contributed by atoms with Gasteiger partial charge in [0.25, 0.3) is 0 Å². The summed E-state index contributed by atoms with van der Waals surface area (Å²) in [5, 5.41) is 0.258. The summed E-state index contributed by atoms with van der Waals surface area (Å²) in [6, 6.07) is 11.2. The number of aromatic nitrogens is 2. The molecule has 0 saturated carbocycles. The molecule has 1 aromatic carbocycles. The van der Waals surface area contributed by atoms with Crippen molar-refractivity contribution < 1.29 is 0 Å². The van der Waals surface area contributed by atoms with Crippen molar-refractivity contribution in [1.29, 1.82) is 4.78 Å². The zero-order chi connectivity index (χ0) is 16.4. The molecule has 0 amide bonds. The van der Waals surface area contributed by atoms with Gasteiger partial charge in [0.1, 0.15) is 11.2 Å². The van der Waals surface area contributed by atoms with Crippen molar-refractivity contribution in [2.24, 2.45) is 0 Å². The number of nitrogens with zero attached hydrogens (tertiary/aromatic N) is 2. The quantitative estimate of drug-likeness (QED) is 0.759. The first-order chi connectivity index (χ1) is 11.0. The Bertz CT molecular complexity index is 793. The number of allylic oxidation sites excluding steroid dienone is 3. The Morgan fingerprint density at radius 2 is 1.87 bits per heavy atom. The minimum atomic E-state index is -1.04. The van der Waals surface area contributed by atoms with E-state index < -0.39 is 20.8 Å². The lowest BCUT2D eigenvalue weighted by Crippen LogP contribution is -2.38. The smallest absolute Gasteiger partial charge is 0.123 e. The molecule has 0 spiro atoms. The molecule has 3 rings (SSSR count). The molecule has 3 nitrogen and oxygen atoms in total. The summed E-state index contributed by atoms with van der Waals surface area (Å²) in [7, 11) is -1.01. The Hall–Kier alpha value is -1.20. The Morgan fingerprint density at radius 1 is 1.13 bits per heavy atom. The minimum Gasteiger partial charge on any atom is -0.275 e. The average Bonchev–Trinajstić information content (AvgIpc) is 2.60. The van der Waals surface area contributed by atoms with Crippen LogP contribution in [-0.4, -0.2) is 15.2 Å². The van der Waals surface area contributed by atoms with E-state index in [0.29, 0.717) is 15.8 Å². The first kappa shape index (κ1) is 16.7. The van der Waals surface area contributed by atoms with Crippen LogP contribution >= 0.6 is 34.8 Å². The normalized spacial score (nSPS) is 25.4. The zero-order valence-corrected chi connectivity index (χ0v) is 14.9. The summed E-state index contributed by atoms with van der Waals surface area (Å²) >= 11 is 19.6. The van der Waals surface area contributed by atoms with Crippen LogP contribution in [0.5, 0.6) is 0 Å². The van der Waals surface area contributed by atoms with Crippen LogP contribution in [0.3, 0.4) is 0 Å². The third-order valence-electron chi connectivity index (χ3n) is 3.52. The van der Waals surface area contributed by atoms with E-state index in [2.05, 4.69) is 9.97 Å². The van der Waals surface area contributed by atoms with Crippen LogP contribution < -0.4 is 0 Å². The molecular formula is C16H12Cl3N3S. The number of nitrogens with one attached hydrogen (secondary N) is 1. The van der Waals surface area contributed by atoms with Gasteiger partial charge >= 0.3 is 0 Å². The lowest BCUT2D eigenvalue weighted by Gasteiger charge is -2.35.